The monoisotopic (exact) mass is 444 g/mol. The molecule has 0 spiro atoms. The molecule has 0 fully saturated rings. The molecule has 0 aliphatic carbocycles. The van der Waals surface area contributed by atoms with Gasteiger partial charge in [-0.15, -0.1) is 0 Å². The Morgan fingerprint density at radius 3 is 0.880 bits per heavy atom. The van der Waals surface area contributed by atoms with Crippen LogP contribution in [0.4, 0.5) is 0 Å². The summed E-state index contributed by atoms with van der Waals surface area (Å²) in [7, 11) is 0. The van der Waals surface area contributed by atoms with Gasteiger partial charge in [0.1, 0.15) is 0 Å². The first-order valence-corrected chi connectivity index (χ1v) is 13.2. The van der Waals surface area contributed by atoms with Crippen LogP contribution < -0.4 is 0 Å². The standard InChI is InChI=1S/2C12H25.Pd/c2*1-4-7-10-12(9-6-3)11-8-5-2;/h2*4-11H2,1-3H3;. The molecule has 0 aliphatic heterocycles. The van der Waals surface area contributed by atoms with Crippen molar-refractivity contribution in [1.82, 2.24) is 0 Å². The predicted molar refractivity (Wildman–Crippen MR) is 113 cm³/mol. The number of rotatable bonds is 18. The molecule has 0 rings (SSSR count). The van der Waals surface area contributed by atoms with Crippen molar-refractivity contribution in [1.29, 1.82) is 0 Å². The van der Waals surface area contributed by atoms with Crippen LogP contribution in [0, 0.1) is 0 Å². The van der Waals surface area contributed by atoms with E-state index in [1.165, 1.54) is 103 Å². The van der Waals surface area contributed by atoms with E-state index < -0.39 is 0 Å². The normalized spacial score (nSPS) is 12.9. The van der Waals surface area contributed by atoms with E-state index >= 15 is 0 Å². The summed E-state index contributed by atoms with van der Waals surface area (Å²) < 4.78 is 1.37. The van der Waals surface area contributed by atoms with Crippen LogP contribution in [0.2, 0.25) is 7.78 Å². The summed E-state index contributed by atoms with van der Waals surface area (Å²) in [6.45, 7) is 14.4. The molecule has 0 heterocycles. The molecule has 0 N–H and O–H groups in total. The third-order valence-corrected chi connectivity index (χ3v) is 9.53. The topological polar surface area (TPSA) is 0 Å². The van der Waals surface area contributed by atoms with Crippen molar-refractivity contribution in [3.63, 3.8) is 0 Å². The van der Waals surface area contributed by atoms with Gasteiger partial charge in [-0.2, -0.15) is 0 Å². The maximum atomic E-state index is 2.43. The number of unbranched alkanes of at least 4 members (excludes halogenated alkanes) is 4. The molecular formula is C24H50Pd. The molecule has 0 aromatic heterocycles. The van der Waals surface area contributed by atoms with Gasteiger partial charge in [0.2, 0.25) is 0 Å². The molecule has 0 aliphatic rings. The Hall–Kier alpha value is 0.662. The summed E-state index contributed by atoms with van der Waals surface area (Å²) in [6.07, 6.45) is 23.1. The molecule has 0 unspecified atom stereocenters. The Labute approximate surface area is 169 Å². The summed E-state index contributed by atoms with van der Waals surface area (Å²) in [5.74, 6) is 0. The summed E-state index contributed by atoms with van der Waals surface area (Å²) in [5.41, 5.74) is 0. The zero-order valence-corrected chi connectivity index (χ0v) is 20.2. The summed E-state index contributed by atoms with van der Waals surface area (Å²) in [5, 5.41) is 0. The van der Waals surface area contributed by atoms with Crippen molar-refractivity contribution in [2.45, 2.75) is 152 Å². The third-order valence-electron chi connectivity index (χ3n) is 5.55. The van der Waals surface area contributed by atoms with Gasteiger partial charge in [-0.3, -0.25) is 0 Å². The third kappa shape index (κ3) is 10.5. The molecule has 0 aromatic carbocycles. The molecule has 0 nitrogen and oxygen atoms in total. The van der Waals surface area contributed by atoms with E-state index in [-0.39, 0.29) is 0 Å². The average molecular weight is 445 g/mol. The molecule has 0 saturated heterocycles. The van der Waals surface area contributed by atoms with Crippen molar-refractivity contribution < 1.29 is 18.0 Å². The Kier molecular flexibility index (Phi) is 16.1. The first-order chi connectivity index (χ1) is 12.1. The van der Waals surface area contributed by atoms with Crippen LogP contribution in [0.5, 0.6) is 0 Å². The van der Waals surface area contributed by atoms with Crippen LogP contribution in [0.25, 0.3) is 0 Å². The van der Waals surface area contributed by atoms with Crippen molar-refractivity contribution in [2.75, 3.05) is 0 Å². The van der Waals surface area contributed by atoms with Gasteiger partial charge in [0.05, 0.1) is 0 Å². The molecule has 25 heavy (non-hydrogen) atoms. The predicted octanol–water partition coefficient (Wildman–Crippen LogP) is 9.75. The fourth-order valence-electron chi connectivity index (χ4n) is 4.14. The second-order valence-corrected chi connectivity index (χ2v) is 11.9. The zero-order valence-electron chi connectivity index (χ0n) is 18.6. The van der Waals surface area contributed by atoms with Crippen molar-refractivity contribution >= 4 is 0 Å². The van der Waals surface area contributed by atoms with E-state index in [1.54, 1.807) is 0 Å². The molecule has 0 radical (unpaired) electrons. The number of hydrogen-bond donors (Lipinski definition) is 0. The minimum atomic E-state index is 0.686. The number of hydrogen-bond acceptors (Lipinski definition) is 0. The van der Waals surface area contributed by atoms with Crippen LogP contribution in [0.1, 0.15) is 144 Å². The molecular weight excluding hydrogens is 395 g/mol. The van der Waals surface area contributed by atoms with Gasteiger partial charge in [0.15, 0.2) is 0 Å². The Balaban J connectivity index is 5.52. The van der Waals surface area contributed by atoms with E-state index in [2.05, 4.69) is 41.5 Å². The van der Waals surface area contributed by atoms with Gasteiger partial charge in [-0.05, 0) is 0 Å². The maximum absolute atomic E-state index is 2.43. The van der Waals surface area contributed by atoms with Crippen LogP contribution in [0.3, 0.4) is 0 Å². The fraction of sp³-hybridized carbons (Fsp3) is 1.00. The SMILES string of the molecule is CCCC[C](CCC)(CCCC)[Pd][C](CCC)(CCCC)CCCC. The average Bonchev–Trinajstić information content (AvgIpc) is 2.61. The van der Waals surface area contributed by atoms with Gasteiger partial charge < -0.3 is 0 Å². The summed E-state index contributed by atoms with van der Waals surface area (Å²) in [6, 6.07) is 0. The molecule has 0 atom stereocenters. The van der Waals surface area contributed by atoms with Gasteiger partial charge in [-0.25, -0.2) is 0 Å². The van der Waals surface area contributed by atoms with Gasteiger partial charge in [0.25, 0.3) is 0 Å². The van der Waals surface area contributed by atoms with E-state index in [4.69, 9.17) is 0 Å². The van der Waals surface area contributed by atoms with Crippen LogP contribution in [-0.4, -0.2) is 0 Å². The van der Waals surface area contributed by atoms with E-state index in [0.717, 1.165) is 18.0 Å². The Morgan fingerprint density at radius 2 is 0.680 bits per heavy atom. The van der Waals surface area contributed by atoms with Gasteiger partial charge >= 0.3 is 170 Å². The van der Waals surface area contributed by atoms with Crippen LogP contribution in [-0.2, 0) is 18.0 Å². The van der Waals surface area contributed by atoms with Crippen molar-refractivity contribution in [2.24, 2.45) is 0 Å². The quantitative estimate of drug-likeness (QED) is 0.184. The molecule has 0 bridgehead atoms. The fourth-order valence-corrected chi connectivity index (χ4v) is 8.93. The van der Waals surface area contributed by atoms with Crippen LogP contribution >= 0.6 is 0 Å². The minimum absolute atomic E-state index is 0.686. The summed E-state index contributed by atoms with van der Waals surface area (Å²) in [4.78, 5) is 0. The van der Waals surface area contributed by atoms with E-state index in [0.29, 0.717) is 7.78 Å². The van der Waals surface area contributed by atoms with E-state index in [1.807, 2.05) is 0 Å². The molecule has 156 valence electrons. The molecule has 1 heteroatoms. The van der Waals surface area contributed by atoms with Crippen LogP contribution in [0.15, 0.2) is 0 Å². The second kappa shape index (κ2) is 15.7. The second-order valence-electron chi connectivity index (χ2n) is 8.16. The van der Waals surface area contributed by atoms with Crippen molar-refractivity contribution in [3.8, 4) is 0 Å². The Morgan fingerprint density at radius 1 is 0.400 bits per heavy atom. The Bertz CT molecular complexity index is 240. The first kappa shape index (κ1) is 25.7. The molecule has 0 saturated carbocycles. The van der Waals surface area contributed by atoms with Gasteiger partial charge in [0, 0.05) is 0 Å². The zero-order chi connectivity index (χ0) is 19.0. The summed E-state index contributed by atoms with van der Waals surface area (Å²) >= 11 is 0.951. The first-order valence-electron chi connectivity index (χ1n) is 11.7. The molecule has 0 amide bonds. The van der Waals surface area contributed by atoms with Crippen molar-refractivity contribution in [3.05, 3.63) is 0 Å². The molecule has 0 aromatic rings. The van der Waals surface area contributed by atoms with Gasteiger partial charge in [-0.1, -0.05) is 0 Å². The van der Waals surface area contributed by atoms with E-state index in [9.17, 15) is 0 Å².